The Morgan fingerprint density at radius 3 is 1.92 bits per heavy atom. The molecule has 7 rings (SSSR count). The molecule has 1 aromatic rings. The molecule has 2 unspecified atom stereocenters. The fourth-order valence-corrected chi connectivity index (χ4v) is 17.2. The van der Waals surface area contributed by atoms with Crippen molar-refractivity contribution >= 4 is 5.97 Å². The summed E-state index contributed by atoms with van der Waals surface area (Å²) < 4.78 is 12.2. The van der Waals surface area contributed by atoms with Gasteiger partial charge in [0, 0.05) is 12.5 Å². The fourth-order valence-electron chi connectivity index (χ4n) is 17.2. The summed E-state index contributed by atoms with van der Waals surface area (Å²) in [5, 5.41) is 20.7. The Kier molecular flexibility index (Phi) is 25.6. The van der Waals surface area contributed by atoms with Gasteiger partial charge >= 0.3 is 5.97 Å². The van der Waals surface area contributed by atoms with Crippen molar-refractivity contribution in [3.8, 4) is 11.5 Å². The molecule has 4 fully saturated rings. The maximum Gasteiger partial charge on any atom is 0.308 e. The summed E-state index contributed by atoms with van der Waals surface area (Å²) in [6, 6.07) is 0. The average molecular weight is 1080 g/mol. The lowest BCUT2D eigenvalue weighted by Gasteiger charge is -2.61. The Morgan fingerprint density at radius 1 is 0.718 bits per heavy atom. The number of ether oxygens (including phenoxy) is 2. The SMILES string of the molecule is CC(=O)Oc1c(C)c(C)c2c(c1C)CC[C@@](C)(CCC[C@H](C)CCC[C@H](C)CCCC(C)C)O2.CC(C)=CCCC(C)(O)C1CC=C(C)CC1.CC(C)CCC[C@@H](C)[C@H]1CC[C@H]2[C@@H]3CC[C@H]4C[C@@H](O)CC[C@]4(C)[C@H]3CC[C@]12C. The van der Waals surface area contributed by atoms with Gasteiger partial charge in [-0.2, -0.15) is 0 Å². The third-order valence-corrected chi connectivity index (χ3v) is 22.6. The zero-order valence-electron chi connectivity index (χ0n) is 54.5. The van der Waals surface area contributed by atoms with E-state index in [4.69, 9.17) is 9.47 Å². The summed E-state index contributed by atoms with van der Waals surface area (Å²) in [6.45, 7) is 40.6. The number of hydrogen-bond donors (Lipinski definition) is 2. The quantitative estimate of drug-likeness (QED) is 0.0687. The van der Waals surface area contributed by atoms with Gasteiger partial charge < -0.3 is 19.7 Å². The molecule has 1 heterocycles. The van der Waals surface area contributed by atoms with Crippen molar-refractivity contribution < 1.29 is 24.5 Å². The van der Waals surface area contributed by atoms with Gasteiger partial charge in [0.15, 0.2) is 0 Å². The van der Waals surface area contributed by atoms with Crippen LogP contribution in [0.3, 0.4) is 0 Å². The fraction of sp³-hybridized carbons (Fsp3) is 0.849. The minimum atomic E-state index is -0.497. The van der Waals surface area contributed by atoms with Crippen LogP contribution in [0.5, 0.6) is 11.5 Å². The number of carbonyl (C=O) groups is 1. The summed E-state index contributed by atoms with van der Waals surface area (Å²) in [5.41, 5.74) is 7.77. The monoisotopic (exact) mass is 1080 g/mol. The van der Waals surface area contributed by atoms with Gasteiger partial charge in [-0.3, -0.25) is 4.79 Å². The van der Waals surface area contributed by atoms with Crippen LogP contribution >= 0.6 is 0 Å². The van der Waals surface area contributed by atoms with Crippen LogP contribution in [0.2, 0.25) is 0 Å². The second-order valence-electron chi connectivity index (χ2n) is 30.3. The number of carbonyl (C=O) groups excluding carboxylic acids is 1. The van der Waals surface area contributed by atoms with Gasteiger partial charge in [-0.15, -0.1) is 0 Å². The molecule has 0 bridgehead atoms. The van der Waals surface area contributed by atoms with E-state index in [2.05, 4.69) is 116 Å². The van der Waals surface area contributed by atoms with E-state index >= 15 is 0 Å². The number of esters is 1. The molecule has 1 aromatic carbocycles. The first-order chi connectivity index (χ1) is 36.6. The van der Waals surface area contributed by atoms with Crippen LogP contribution in [-0.4, -0.2) is 33.5 Å². The van der Waals surface area contributed by atoms with Crippen molar-refractivity contribution in [2.24, 2.45) is 75.9 Å². The topological polar surface area (TPSA) is 76.0 Å². The Morgan fingerprint density at radius 2 is 1.32 bits per heavy atom. The molecule has 448 valence electrons. The zero-order valence-corrected chi connectivity index (χ0v) is 54.5. The van der Waals surface area contributed by atoms with Gasteiger partial charge in [-0.25, -0.2) is 0 Å². The number of allylic oxidation sites excluding steroid dienone is 4. The predicted molar refractivity (Wildman–Crippen MR) is 333 cm³/mol. The lowest BCUT2D eigenvalue weighted by molar-refractivity contribution is -0.132. The molecule has 5 nitrogen and oxygen atoms in total. The standard InChI is InChI=1S/C31H52O3.C27H48O.C15H26O/c1-21(2)13-10-14-22(3)15-11-16-23(4)17-12-19-31(9)20-18-28-26(7)29(33-27(8)32)24(5)25(6)30(28)34-31;1-18(2)7-6-8-19(3)23-11-12-24-22-10-9-20-17-21(28)13-15-26(20,4)25(22)14-16-27(23,24)5;1-12(2)6-5-11-15(4,16)14-9-7-13(3)8-10-14/h21-23H,10-20H2,1-9H3;18-25,28H,6-17H2,1-5H3;6-7,14,16H,5,8-11H2,1-4H3/t22-,23-,31-;19-,20+,21+,22+,23-,24+,25+,26+,27-;/m11./s1. The first-order valence-corrected chi connectivity index (χ1v) is 33.3. The number of aliphatic hydroxyl groups excluding tert-OH is 1. The molecule has 6 aliphatic rings. The minimum Gasteiger partial charge on any atom is -0.487 e. The Bertz CT molecular complexity index is 2070. The summed E-state index contributed by atoms with van der Waals surface area (Å²) in [4.78, 5) is 11.6. The van der Waals surface area contributed by atoms with E-state index in [1.165, 1.54) is 139 Å². The lowest BCUT2D eigenvalue weighted by atomic mass is 9.44. The van der Waals surface area contributed by atoms with Gasteiger partial charge in [0.1, 0.15) is 17.1 Å². The van der Waals surface area contributed by atoms with Gasteiger partial charge in [0.2, 0.25) is 0 Å². The average Bonchev–Trinajstić information content (AvgIpc) is 3.84. The number of fused-ring (bicyclic) bond motifs is 6. The van der Waals surface area contributed by atoms with Gasteiger partial charge in [-0.1, -0.05) is 150 Å². The summed E-state index contributed by atoms with van der Waals surface area (Å²) >= 11 is 0. The van der Waals surface area contributed by atoms with E-state index in [0.29, 0.717) is 16.7 Å². The first kappa shape index (κ1) is 66.7. The minimum absolute atomic E-state index is 0.00830. The Hall–Kier alpha value is -2.11. The van der Waals surface area contributed by atoms with Crippen LogP contribution in [-0.2, 0) is 11.2 Å². The van der Waals surface area contributed by atoms with E-state index in [1.807, 2.05) is 13.8 Å². The highest BCUT2D eigenvalue weighted by atomic mass is 16.5. The van der Waals surface area contributed by atoms with E-state index in [-0.39, 0.29) is 17.7 Å². The molecule has 0 spiro atoms. The molecule has 5 heteroatoms. The molecule has 78 heavy (non-hydrogen) atoms. The van der Waals surface area contributed by atoms with Crippen molar-refractivity contribution in [3.05, 3.63) is 45.6 Å². The van der Waals surface area contributed by atoms with Crippen LogP contribution in [0.1, 0.15) is 299 Å². The maximum absolute atomic E-state index is 11.6. The zero-order chi connectivity index (χ0) is 57.8. The second kappa shape index (κ2) is 29.9. The normalized spacial score (nSPS) is 31.3. The molecular formula is C73H126O5. The summed E-state index contributed by atoms with van der Waals surface area (Å²) in [5.74, 6) is 10.9. The van der Waals surface area contributed by atoms with E-state index in [9.17, 15) is 15.0 Å². The molecule has 0 amide bonds. The number of hydrogen-bond acceptors (Lipinski definition) is 5. The number of rotatable bonds is 22. The third kappa shape index (κ3) is 18.2. The van der Waals surface area contributed by atoms with Crippen LogP contribution in [0.4, 0.5) is 0 Å². The first-order valence-electron chi connectivity index (χ1n) is 33.3. The van der Waals surface area contributed by atoms with E-state index in [1.54, 1.807) is 0 Å². The maximum atomic E-state index is 11.6. The smallest absolute Gasteiger partial charge is 0.308 e. The van der Waals surface area contributed by atoms with Crippen LogP contribution in [0.15, 0.2) is 23.3 Å². The second-order valence-corrected chi connectivity index (χ2v) is 30.3. The molecule has 0 saturated heterocycles. The van der Waals surface area contributed by atoms with Crippen LogP contribution in [0.25, 0.3) is 0 Å². The van der Waals surface area contributed by atoms with Crippen molar-refractivity contribution in [1.29, 1.82) is 0 Å². The van der Waals surface area contributed by atoms with E-state index < -0.39 is 5.60 Å². The Labute approximate surface area is 482 Å². The molecule has 4 saturated carbocycles. The largest absolute Gasteiger partial charge is 0.487 e. The van der Waals surface area contributed by atoms with Crippen molar-refractivity contribution in [1.82, 2.24) is 0 Å². The van der Waals surface area contributed by atoms with Crippen LogP contribution < -0.4 is 9.47 Å². The molecule has 0 aromatic heterocycles. The van der Waals surface area contributed by atoms with E-state index in [0.717, 1.165) is 152 Å². The molecule has 0 radical (unpaired) electrons. The Balaban J connectivity index is 0.000000229. The van der Waals surface area contributed by atoms with Crippen LogP contribution in [0, 0.1) is 96.7 Å². The van der Waals surface area contributed by atoms with Crippen molar-refractivity contribution in [2.75, 3.05) is 0 Å². The van der Waals surface area contributed by atoms with Crippen molar-refractivity contribution in [2.45, 2.75) is 322 Å². The highest BCUT2D eigenvalue weighted by molar-refractivity contribution is 5.72. The summed E-state index contributed by atoms with van der Waals surface area (Å²) in [6.07, 6.45) is 40.2. The molecule has 14 atom stereocenters. The van der Waals surface area contributed by atoms with Gasteiger partial charge in [0.05, 0.1) is 11.7 Å². The van der Waals surface area contributed by atoms with Crippen molar-refractivity contribution in [3.63, 3.8) is 0 Å². The summed E-state index contributed by atoms with van der Waals surface area (Å²) in [7, 11) is 0. The van der Waals surface area contributed by atoms with Gasteiger partial charge in [0.25, 0.3) is 0 Å². The molecule has 1 aliphatic heterocycles. The highest BCUT2D eigenvalue weighted by Crippen LogP contribution is 2.68. The molecule has 5 aliphatic carbocycles. The number of benzene rings is 1. The highest BCUT2D eigenvalue weighted by Gasteiger charge is 2.60. The lowest BCUT2D eigenvalue weighted by Crippen LogP contribution is -2.54. The van der Waals surface area contributed by atoms with Gasteiger partial charge in [-0.05, 0) is 264 Å². The third-order valence-electron chi connectivity index (χ3n) is 22.6. The molecule has 2 N–H and O–H groups in total. The molecular weight excluding hydrogens is 957 g/mol. The number of aliphatic hydroxyl groups is 2. The predicted octanol–water partition coefficient (Wildman–Crippen LogP) is 20.8.